The van der Waals surface area contributed by atoms with Crippen molar-refractivity contribution in [3.05, 3.63) is 22.2 Å². The van der Waals surface area contributed by atoms with Crippen LogP contribution in [0, 0.1) is 10.1 Å². The van der Waals surface area contributed by atoms with Gasteiger partial charge in [0.05, 0.1) is 17.5 Å². The van der Waals surface area contributed by atoms with Crippen molar-refractivity contribution in [2.45, 2.75) is 18.9 Å². The van der Waals surface area contributed by atoms with E-state index in [1.54, 1.807) is 0 Å². The van der Waals surface area contributed by atoms with Gasteiger partial charge in [0.25, 0.3) is 5.69 Å². The van der Waals surface area contributed by atoms with Crippen LogP contribution in [-0.4, -0.2) is 52.7 Å². The number of likely N-dealkylation sites (tertiary alicyclic amines) is 1. The third kappa shape index (κ3) is 3.91. The molecule has 10 nitrogen and oxygen atoms in total. The maximum absolute atomic E-state index is 12.2. The van der Waals surface area contributed by atoms with Gasteiger partial charge in [-0.2, -0.15) is 0 Å². The van der Waals surface area contributed by atoms with Crippen molar-refractivity contribution in [3.63, 3.8) is 0 Å². The molecule has 25 heavy (non-hydrogen) atoms. The van der Waals surface area contributed by atoms with Crippen molar-refractivity contribution in [2.24, 2.45) is 0 Å². The van der Waals surface area contributed by atoms with E-state index in [0.29, 0.717) is 25.1 Å². The minimum Gasteiger partial charge on any atom is -0.480 e. The van der Waals surface area contributed by atoms with Gasteiger partial charge in [-0.05, 0) is 19.4 Å². The van der Waals surface area contributed by atoms with Crippen LogP contribution < -0.4 is 14.8 Å². The quantitative estimate of drug-likeness (QED) is 0.582. The molecule has 0 aliphatic carbocycles. The number of amides is 1. The van der Waals surface area contributed by atoms with Crippen LogP contribution in [0.2, 0.25) is 0 Å². The lowest BCUT2D eigenvalue weighted by atomic mass is 10.2. The Hall–Kier alpha value is -2.59. The average Bonchev–Trinajstić information content (AvgIpc) is 3.14. The number of carboxylic acids is 1. The largest absolute Gasteiger partial charge is 0.480 e. The molecular formula is C14H16ClN3O7. The molecule has 1 fully saturated rings. The van der Waals surface area contributed by atoms with Crippen LogP contribution in [0.1, 0.15) is 12.8 Å². The summed E-state index contributed by atoms with van der Waals surface area (Å²) in [5.41, 5.74) is -0.330. The predicted molar refractivity (Wildman–Crippen MR) is 87.3 cm³/mol. The summed E-state index contributed by atoms with van der Waals surface area (Å²) in [5, 5.41) is 22.7. The van der Waals surface area contributed by atoms with Gasteiger partial charge in [-0.3, -0.25) is 24.6 Å². The first kappa shape index (κ1) is 18.7. The Balaban J connectivity index is 0.00000225. The summed E-state index contributed by atoms with van der Waals surface area (Å²) in [6.07, 6.45) is 1.17. The zero-order chi connectivity index (χ0) is 17.3. The highest BCUT2D eigenvalue weighted by atomic mass is 35.5. The number of fused-ring (bicyclic) bond motifs is 1. The first-order valence-electron chi connectivity index (χ1n) is 7.30. The van der Waals surface area contributed by atoms with Crippen LogP contribution >= 0.6 is 12.4 Å². The second-order valence-electron chi connectivity index (χ2n) is 5.49. The third-order valence-electron chi connectivity index (χ3n) is 3.96. The number of benzene rings is 1. The Labute approximate surface area is 148 Å². The highest BCUT2D eigenvalue weighted by Crippen LogP contribution is 2.40. The monoisotopic (exact) mass is 373 g/mol. The molecule has 3 rings (SSSR count). The molecule has 1 saturated heterocycles. The van der Waals surface area contributed by atoms with Crippen molar-refractivity contribution in [1.29, 1.82) is 0 Å². The molecule has 1 atom stereocenters. The number of hydrogen-bond acceptors (Lipinski definition) is 7. The second kappa shape index (κ2) is 7.53. The predicted octanol–water partition coefficient (Wildman–Crippen LogP) is 1.23. The highest BCUT2D eigenvalue weighted by Gasteiger charge is 2.32. The van der Waals surface area contributed by atoms with Gasteiger partial charge < -0.3 is 19.9 Å². The minimum atomic E-state index is -0.977. The zero-order valence-corrected chi connectivity index (χ0v) is 13.8. The molecule has 0 radical (unpaired) electrons. The fourth-order valence-electron chi connectivity index (χ4n) is 2.85. The van der Waals surface area contributed by atoms with E-state index in [9.17, 15) is 19.7 Å². The lowest BCUT2D eigenvalue weighted by Gasteiger charge is -2.20. The number of ether oxygens (including phenoxy) is 2. The molecule has 136 valence electrons. The fourth-order valence-corrected chi connectivity index (χ4v) is 2.85. The summed E-state index contributed by atoms with van der Waals surface area (Å²) in [7, 11) is 0. The molecule has 2 aliphatic rings. The van der Waals surface area contributed by atoms with Gasteiger partial charge in [-0.15, -0.1) is 12.4 Å². The number of nitrogens with one attached hydrogen (secondary N) is 1. The van der Waals surface area contributed by atoms with Crippen LogP contribution in [-0.2, 0) is 9.59 Å². The highest BCUT2D eigenvalue weighted by molar-refractivity contribution is 5.95. The van der Waals surface area contributed by atoms with Crippen LogP contribution in [0.5, 0.6) is 11.5 Å². The van der Waals surface area contributed by atoms with E-state index in [0.717, 1.165) is 0 Å². The minimum absolute atomic E-state index is 0. The number of nitro groups is 1. The second-order valence-corrected chi connectivity index (χ2v) is 5.49. The normalized spacial score (nSPS) is 18.5. The summed E-state index contributed by atoms with van der Waals surface area (Å²) in [6.45, 7) is 0.300. The van der Waals surface area contributed by atoms with Crippen LogP contribution in [0.25, 0.3) is 0 Å². The first-order chi connectivity index (χ1) is 11.5. The van der Waals surface area contributed by atoms with E-state index >= 15 is 0 Å². The SMILES string of the molecule is Cl.O=C(CN1CCCC1C(=O)O)Nc1cc2c(cc1[N+](=O)[O-])OCO2. The van der Waals surface area contributed by atoms with E-state index in [1.807, 2.05) is 0 Å². The molecular weight excluding hydrogens is 358 g/mol. The topological polar surface area (TPSA) is 131 Å². The number of anilines is 1. The van der Waals surface area contributed by atoms with Crippen molar-refractivity contribution in [1.82, 2.24) is 4.90 Å². The van der Waals surface area contributed by atoms with Crippen molar-refractivity contribution < 1.29 is 29.1 Å². The smallest absolute Gasteiger partial charge is 0.320 e. The summed E-state index contributed by atoms with van der Waals surface area (Å²) in [6, 6.07) is 1.81. The van der Waals surface area contributed by atoms with Gasteiger partial charge >= 0.3 is 5.97 Å². The van der Waals surface area contributed by atoms with Crippen molar-refractivity contribution in [3.8, 4) is 11.5 Å². The first-order valence-corrected chi connectivity index (χ1v) is 7.30. The molecule has 0 aromatic heterocycles. The van der Waals surface area contributed by atoms with Gasteiger partial charge in [-0.1, -0.05) is 0 Å². The number of halogens is 1. The molecule has 2 heterocycles. The summed E-state index contributed by atoms with van der Waals surface area (Å²) in [5.74, 6) is -0.954. The van der Waals surface area contributed by atoms with Gasteiger partial charge in [-0.25, -0.2) is 0 Å². The lowest BCUT2D eigenvalue weighted by Crippen LogP contribution is -2.40. The fraction of sp³-hybridized carbons (Fsp3) is 0.429. The lowest BCUT2D eigenvalue weighted by molar-refractivity contribution is -0.384. The standard InChI is InChI=1S/C14H15N3O7.ClH/c18-13(6-16-3-1-2-9(16)14(19)20)15-8-4-11-12(24-7-23-11)5-10(8)17(21)22;/h4-5,9H,1-3,6-7H2,(H,15,18)(H,19,20);1H. The number of carbonyl (C=O) groups is 2. The number of hydrogen-bond donors (Lipinski definition) is 2. The Morgan fingerprint density at radius 3 is 2.68 bits per heavy atom. The maximum atomic E-state index is 12.2. The zero-order valence-electron chi connectivity index (χ0n) is 13.0. The molecule has 0 bridgehead atoms. The molecule has 1 aromatic rings. The number of nitrogens with zero attached hydrogens (tertiary/aromatic N) is 2. The van der Waals surface area contributed by atoms with Gasteiger partial charge in [0.15, 0.2) is 11.5 Å². The summed E-state index contributed by atoms with van der Waals surface area (Å²) in [4.78, 5) is 35.4. The van der Waals surface area contributed by atoms with E-state index in [2.05, 4.69) is 5.32 Å². The molecule has 1 amide bonds. The Morgan fingerprint density at radius 1 is 1.36 bits per heavy atom. The molecule has 2 N–H and O–H groups in total. The number of carbonyl (C=O) groups excluding carboxylic acids is 1. The van der Waals surface area contributed by atoms with Crippen LogP contribution in [0.4, 0.5) is 11.4 Å². The Bertz CT molecular complexity index is 712. The maximum Gasteiger partial charge on any atom is 0.320 e. The average molecular weight is 374 g/mol. The molecule has 2 aliphatic heterocycles. The van der Waals surface area contributed by atoms with Crippen molar-refractivity contribution >= 4 is 35.7 Å². The van der Waals surface area contributed by atoms with Crippen molar-refractivity contribution in [2.75, 3.05) is 25.2 Å². The number of aliphatic carboxylic acids is 1. The van der Waals surface area contributed by atoms with Gasteiger partial charge in [0.2, 0.25) is 12.7 Å². The van der Waals surface area contributed by atoms with Crippen LogP contribution in [0.3, 0.4) is 0 Å². The van der Waals surface area contributed by atoms with E-state index in [4.69, 9.17) is 14.6 Å². The summed E-state index contributed by atoms with van der Waals surface area (Å²) < 4.78 is 10.2. The Kier molecular flexibility index (Phi) is 5.65. The molecule has 0 spiro atoms. The number of carboxylic acid groups (broad SMARTS) is 1. The third-order valence-corrected chi connectivity index (χ3v) is 3.96. The number of rotatable bonds is 5. The van der Waals surface area contributed by atoms with Gasteiger partial charge in [0.1, 0.15) is 11.7 Å². The molecule has 0 saturated carbocycles. The number of nitro benzene ring substituents is 1. The molecule has 1 aromatic carbocycles. The molecule has 1 unspecified atom stereocenters. The van der Waals surface area contributed by atoms with Gasteiger partial charge in [0, 0.05) is 6.07 Å². The van der Waals surface area contributed by atoms with E-state index in [-0.39, 0.29) is 42.9 Å². The molecule has 11 heteroatoms. The van der Waals surface area contributed by atoms with E-state index in [1.165, 1.54) is 17.0 Å². The summed E-state index contributed by atoms with van der Waals surface area (Å²) >= 11 is 0. The Morgan fingerprint density at radius 2 is 2.04 bits per heavy atom. The van der Waals surface area contributed by atoms with Crippen LogP contribution in [0.15, 0.2) is 12.1 Å². The van der Waals surface area contributed by atoms with E-state index < -0.39 is 22.8 Å².